The Morgan fingerprint density at radius 1 is 1.17 bits per heavy atom. The molecule has 0 bridgehead atoms. The number of methoxy groups -OCH3 is 2. The average Bonchev–Trinajstić information content (AvgIpc) is 2.62. The third kappa shape index (κ3) is 2.73. The molecule has 0 radical (unpaired) electrons. The summed E-state index contributed by atoms with van der Waals surface area (Å²) >= 11 is 0. The lowest BCUT2D eigenvalue weighted by Gasteiger charge is -2.11. The highest BCUT2D eigenvalue weighted by atomic mass is 16.6. The van der Waals surface area contributed by atoms with Crippen molar-refractivity contribution < 1.29 is 18.9 Å². The molecule has 1 aromatic rings. The molecular weight excluding hydrogens is 234 g/mol. The van der Waals surface area contributed by atoms with Crippen LogP contribution in [0.5, 0.6) is 11.5 Å². The fraction of sp³-hybridized carbons (Fsp3) is 0.462. The zero-order valence-electron chi connectivity index (χ0n) is 10.8. The fourth-order valence-electron chi connectivity index (χ4n) is 1.72. The highest BCUT2D eigenvalue weighted by Gasteiger charge is 2.14. The third-order valence-corrected chi connectivity index (χ3v) is 2.61. The van der Waals surface area contributed by atoms with Crippen molar-refractivity contribution in [2.75, 3.05) is 27.4 Å². The molecule has 5 nitrogen and oxygen atoms in total. The summed E-state index contributed by atoms with van der Waals surface area (Å²) in [5.41, 5.74) is 0.852. The van der Waals surface area contributed by atoms with E-state index in [4.69, 9.17) is 18.9 Å². The molecule has 1 aliphatic heterocycles. The molecule has 1 unspecified atom stereocenters. The topological polar surface area (TPSA) is 49.3 Å². The zero-order chi connectivity index (χ0) is 13.0. The standard InChI is InChI=1S/C13H17NO4/c1-9-14-13(18-7-6-17-9)10-4-5-11(15-2)12(8-10)16-3/h4-5,8-9H,6-7H2,1-3H3. The molecule has 0 fully saturated rings. The van der Waals surface area contributed by atoms with E-state index in [-0.39, 0.29) is 6.23 Å². The van der Waals surface area contributed by atoms with E-state index in [9.17, 15) is 0 Å². The molecule has 18 heavy (non-hydrogen) atoms. The molecule has 1 heterocycles. The van der Waals surface area contributed by atoms with Gasteiger partial charge >= 0.3 is 0 Å². The monoisotopic (exact) mass is 251 g/mol. The van der Waals surface area contributed by atoms with Crippen molar-refractivity contribution in [2.24, 2.45) is 4.99 Å². The summed E-state index contributed by atoms with van der Waals surface area (Å²) in [6.07, 6.45) is -0.199. The number of hydrogen-bond acceptors (Lipinski definition) is 5. The Kier molecular flexibility index (Phi) is 4.04. The molecule has 98 valence electrons. The minimum absolute atomic E-state index is 0.199. The van der Waals surface area contributed by atoms with Crippen LogP contribution in [0.25, 0.3) is 0 Å². The summed E-state index contributed by atoms with van der Waals surface area (Å²) < 4.78 is 21.4. The Morgan fingerprint density at radius 2 is 1.94 bits per heavy atom. The first-order chi connectivity index (χ1) is 8.74. The Bertz CT molecular complexity index is 445. The molecule has 1 atom stereocenters. The Morgan fingerprint density at radius 3 is 2.67 bits per heavy atom. The van der Waals surface area contributed by atoms with Crippen LogP contribution in [-0.4, -0.2) is 39.6 Å². The number of hydrogen-bond donors (Lipinski definition) is 0. The molecule has 0 saturated heterocycles. The second kappa shape index (κ2) is 5.73. The van der Waals surface area contributed by atoms with Crippen molar-refractivity contribution >= 4 is 5.90 Å². The van der Waals surface area contributed by atoms with Crippen LogP contribution in [0.1, 0.15) is 12.5 Å². The highest BCUT2D eigenvalue weighted by Crippen LogP contribution is 2.28. The van der Waals surface area contributed by atoms with Gasteiger partial charge in [-0.05, 0) is 25.1 Å². The van der Waals surface area contributed by atoms with Crippen LogP contribution in [0.3, 0.4) is 0 Å². The smallest absolute Gasteiger partial charge is 0.218 e. The van der Waals surface area contributed by atoms with Gasteiger partial charge in [-0.15, -0.1) is 0 Å². The SMILES string of the molecule is COc1ccc(C2=NC(C)OCCO2)cc1OC. The van der Waals surface area contributed by atoms with Crippen molar-refractivity contribution in [3.05, 3.63) is 23.8 Å². The molecule has 0 aliphatic carbocycles. The lowest BCUT2D eigenvalue weighted by atomic mass is 10.2. The third-order valence-electron chi connectivity index (χ3n) is 2.61. The highest BCUT2D eigenvalue weighted by molar-refractivity contribution is 5.95. The molecule has 2 rings (SSSR count). The van der Waals surface area contributed by atoms with Gasteiger partial charge in [0.1, 0.15) is 12.8 Å². The predicted molar refractivity (Wildman–Crippen MR) is 67.4 cm³/mol. The minimum Gasteiger partial charge on any atom is -0.493 e. The van der Waals surface area contributed by atoms with Crippen LogP contribution in [0, 0.1) is 0 Å². The second-order valence-electron chi connectivity index (χ2n) is 3.82. The first kappa shape index (κ1) is 12.7. The molecule has 0 N–H and O–H groups in total. The van der Waals surface area contributed by atoms with Crippen LogP contribution >= 0.6 is 0 Å². The van der Waals surface area contributed by atoms with Gasteiger partial charge in [0, 0.05) is 5.56 Å². The number of rotatable bonds is 3. The van der Waals surface area contributed by atoms with Gasteiger partial charge in [-0.1, -0.05) is 0 Å². The van der Waals surface area contributed by atoms with Gasteiger partial charge in [-0.3, -0.25) is 0 Å². The van der Waals surface area contributed by atoms with E-state index in [1.54, 1.807) is 14.2 Å². The van der Waals surface area contributed by atoms with Gasteiger partial charge in [0.25, 0.3) is 0 Å². The van der Waals surface area contributed by atoms with Gasteiger partial charge in [0.15, 0.2) is 11.5 Å². The van der Waals surface area contributed by atoms with Crippen molar-refractivity contribution in [1.29, 1.82) is 0 Å². The lowest BCUT2D eigenvalue weighted by molar-refractivity contribution is 0.0626. The number of aliphatic imine (C=N–C) groups is 1. The molecule has 0 aromatic heterocycles. The number of benzene rings is 1. The van der Waals surface area contributed by atoms with Gasteiger partial charge in [-0.2, -0.15) is 0 Å². The van der Waals surface area contributed by atoms with Gasteiger partial charge in [-0.25, -0.2) is 4.99 Å². The molecule has 0 spiro atoms. The summed E-state index contributed by atoms with van der Waals surface area (Å²) in [4.78, 5) is 4.35. The second-order valence-corrected chi connectivity index (χ2v) is 3.82. The predicted octanol–water partition coefficient (Wildman–Crippen LogP) is 1.84. The average molecular weight is 251 g/mol. The minimum atomic E-state index is -0.199. The van der Waals surface area contributed by atoms with E-state index >= 15 is 0 Å². The van der Waals surface area contributed by atoms with E-state index in [0.717, 1.165) is 5.56 Å². The van der Waals surface area contributed by atoms with Gasteiger partial charge in [0.05, 0.1) is 20.8 Å². The number of ether oxygens (including phenoxy) is 4. The summed E-state index contributed by atoms with van der Waals surface area (Å²) in [6, 6.07) is 5.56. The molecular formula is C13H17NO4. The van der Waals surface area contributed by atoms with Gasteiger partial charge < -0.3 is 18.9 Å². The normalized spacial score (nSPS) is 19.5. The molecule has 5 heteroatoms. The fourth-order valence-corrected chi connectivity index (χ4v) is 1.72. The molecule has 0 saturated carbocycles. The van der Waals surface area contributed by atoms with Gasteiger partial charge in [0.2, 0.25) is 5.90 Å². The van der Waals surface area contributed by atoms with Crippen molar-refractivity contribution in [3.63, 3.8) is 0 Å². The maximum absolute atomic E-state index is 5.56. The van der Waals surface area contributed by atoms with Crippen LogP contribution < -0.4 is 9.47 Å². The van der Waals surface area contributed by atoms with E-state index in [2.05, 4.69) is 4.99 Å². The van der Waals surface area contributed by atoms with E-state index < -0.39 is 0 Å². The molecule has 1 aliphatic rings. The molecule has 1 aromatic carbocycles. The summed E-state index contributed by atoms with van der Waals surface area (Å²) in [7, 11) is 3.20. The maximum atomic E-state index is 5.56. The Labute approximate surface area is 106 Å². The zero-order valence-corrected chi connectivity index (χ0v) is 10.8. The van der Waals surface area contributed by atoms with Crippen molar-refractivity contribution in [2.45, 2.75) is 13.2 Å². The Balaban J connectivity index is 2.32. The van der Waals surface area contributed by atoms with Crippen LogP contribution in [-0.2, 0) is 9.47 Å². The van der Waals surface area contributed by atoms with E-state index in [0.29, 0.717) is 30.6 Å². The number of nitrogens with zero attached hydrogens (tertiary/aromatic N) is 1. The lowest BCUT2D eigenvalue weighted by Crippen LogP contribution is -2.08. The van der Waals surface area contributed by atoms with Crippen LogP contribution in [0.4, 0.5) is 0 Å². The molecule has 0 amide bonds. The van der Waals surface area contributed by atoms with E-state index in [1.807, 2.05) is 25.1 Å². The largest absolute Gasteiger partial charge is 0.493 e. The summed E-state index contributed by atoms with van der Waals surface area (Å²) in [5, 5.41) is 0. The van der Waals surface area contributed by atoms with Crippen molar-refractivity contribution in [3.8, 4) is 11.5 Å². The van der Waals surface area contributed by atoms with Crippen molar-refractivity contribution in [1.82, 2.24) is 0 Å². The first-order valence-electron chi connectivity index (χ1n) is 5.79. The van der Waals surface area contributed by atoms with E-state index in [1.165, 1.54) is 0 Å². The first-order valence-corrected chi connectivity index (χ1v) is 5.79. The summed E-state index contributed by atoms with van der Waals surface area (Å²) in [6.45, 7) is 2.93. The summed E-state index contributed by atoms with van der Waals surface area (Å²) in [5.74, 6) is 1.90. The van der Waals surface area contributed by atoms with Crippen LogP contribution in [0.15, 0.2) is 23.2 Å². The maximum Gasteiger partial charge on any atom is 0.218 e. The Hall–Kier alpha value is -1.75. The van der Waals surface area contributed by atoms with Crippen LogP contribution in [0.2, 0.25) is 0 Å². The quantitative estimate of drug-likeness (QED) is 0.822.